The molecule has 256 valence electrons. The molecule has 5 heteroatoms. The molecule has 0 saturated carbocycles. The summed E-state index contributed by atoms with van der Waals surface area (Å²) in [5.41, 5.74) is 0. The van der Waals surface area contributed by atoms with E-state index in [4.69, 9.17) is 9.47 Å². The zero-order chi connectivity index (χ0) is 31.6. The predicted molar refractivity (Wildman–Crippen MR) is 185 cm³/mol. The second kappa shape index (κ2) is 33.8. The molecule has 0 rings (SSSR count). The molecule has 1 atom stereocenters. The molecule has 0 bridgehead atoms. The number of nitrogens with zero attached hydrogens (tertiary/aromatic N) is 1. The van der Waals surface area contributed by atoms with Gasteiger partial charge in [0.05, 0.1) is 6.61 Å². The summed E-state index contributed by atoms with van der Waals surface area (Å²) in [5, 5.41) is 0. The normalized spacial score (nSPS) is 12.1. The van der Waals surface area contributed by atoms with Crippen LogP contribution >= 0.6 is 0 Å². The third-order valence-corrected chi connectivity index (χ3v) is 8.66. The lowest BCUT2D eigenvalue weighted by atomic mass is 10.0. The highest BCUT2D eigenvalue weighted by Crippen LogP contribution is 2.17. The van der Waals surface area contributed by atoms with E-state index in [-0.39, 0.29) is 18.0 Å². The molecular weight excluding hydrogens is 534 g/mol. The Hall–Kier alpha value is -1.10. The van der Waals surface area contributed by atoms with Gasteiger partial charge in [0.1, 0.15) is 6.10 Å². The van der Waals surface area contributed by atoms with Gasteiger partial charge in [-0.1, -0.05) is 130 Å². The van der Waals surface area contributed by atoms with Gasteiger partial charge in [0.15, 0.2) is 0 Å². The number of carbonyl (C=O) groups excluding carboxylic acids is 2. The van der Waals surface area contributed by atoms with Crippen molar-refractivity contribution < 1.29 is 19.1 Å². The maximum absolute atomic E-state index is 12.4. The van der Waals surface area contributed by atoms with Gasteiger partial charge in [-0.3, -0.25) is 9.59 Å². The molecular formula is C38H75NO4. The summed E-state index contributed by atoms with van der Waals surface area (Å²) in [4.78, 5) is 26.7. The fraction of sp³-hybridized carbons (Fsp3) is 0.947. The monoisotopic (exact) mass is 610 g/mol. The SMILES string of the molecule is CCCCCCCOC(=O)CCCCCCCCCN(C)CCCCCCCC(=O)OC(CCCCC)CCCCCC. The first-order valence-corrected chi connectivity index (χ1v) is 19.1. The highest BCUT2D eigenvalue weighted by Gasteiger charge is 2.14. The first-order valence-electron chi connectivity index (χ1n) is 19.1. The minimum absolute atomic E-state index is 0.00628. The smallest absolute Gasteiger partial charge is 0.306 e. The fourth-order valence-electron chi connectivity index (χ4n) is 5.72. The van der Waals surface area contributed by atoms with Crippen LogP contribution in [-0.2, 0) is 19.1 Å². The number of ether oxygens (including phenoxy) is 2. The minimum Gasteiger partial charge on any atom is -0.466 e. The topological polar surface area (TPSA) is 55.8 Å². The molecule has 0 aliphatic heterocycles. The molecule has 0 spiro atoms. The molecule has 0 aromatic rings. The number of hydrogen-bond acceptors (Lipinski definition) is 5. The molecule has 0 radical (unpaired) electrons. The van der Waals surface area contributed by atoms with Crippen LogP contribution in [0.25, 0.3) is 0 Å². The van der Waals surface area contributed by atoms with E-state index in [1.807, 2.05) is 0 Å². The van der Waals surface area contributed by atoms with E-state index >= 15 is 0 Å². The van der Waals surface area contributed by atoms with Crippen molar-refractivity contribution in [1.29, 1.82) is 0 Å². The Morgan fingerprint density at radius 1 is 0.488 bits per heavy atom. The van der Waals surface area contributed by atoms with Crippen molar-refractivity contribution in [2.45, 2.75) is 207 Å². The summed E-state index contributed by atoms with van der Waals surface area (Å²) in [7, 11) is 2.25. The Kier molecular flexibility index (Phi) is 32.9. The van der Waals surface area contributed by atoms with Crippen LogP contribution < -0.4 is 0 Å². The summed E-state index contributed by atoms with van der Waals surface area (Å²) < 4.78 is 11.2. The van der Waals surface area contributed by atoms with Crippen molar-refractivity contribution in [3.63, 3.8) is 0 Å². The summed E-state index contributed by atoms with van der Waals surface area (Å²) in [6.07, 6.45) is 32.3. The Morgan fingerprint density at radius 3 is 1.44 bits per heavy atom. The summed E-state index contributed by atoms with van der Waals surface area (Å²) >= 11 is 0. The average Bonchev–Trinajstić information content (AvgIpc) is 2.99. The molecule has 0 fully saturated rings. The molecule has 0 heterocycles. The summed E-state index contributed by atoms with van der Waals surface area (Å²) in [5.74, 6) is 0.0217. The lowest BCUT2D eigenvalue weighted by Gasteiger charge is -2.18. The number of carbonyl (C=O) groups is 2. The Labute approximate surface area is 269 Å². The van der Waals surface area contributed by atoms with Crippen LogP contribution in [0.4, 0.5) is 0 Å². The van der Waals surface area contributed by atoms with E-state index in [0.29, 0.717) is 19.4 Å². The van der Waals surface area contributed by atoms with E-state index in [2.05, 4.69) is 32.7 Å². The van der Waals surface area contributed by atoms with Crippen molar-refractivity contribution >= 4 is 11.9 Å². The van der Waals surface area contributed by atoms with Gasteiger partial charge < -0.3 is 14.4 Å². The van der Waals surface area contributed by atoms with Gasteiger partial charge in [0, 0.05) is 12.8 Å². The van der Waals surface area contributed by atoms with Crippen LogP contribution in [0, 0.1) is 0 Å². The third kappa shape index (κ3) is 32.1. The number of rotatable bonds is 34. The average molecular weight is 610 g/mol. The quantitative estimate of drug-likeness (QED) is 0.0536. The second-order valence-corrected chi connectivity index (χ2v) is 13.1. The molecule has 0 aliphatic carbocycles. The van der Waals surface area contributed by atoms with Gasteiger partial charge in [-0.2, -0.15) is 0 Å². The largest absolute Gasteiger partial charge is 0.466 e. The molecule has 5 nitrogen and oxygen atoms in total. The van der Waals surface area contributed by atoms with Crippen LogP contribution in [0.3, 0.4) is 0 Å². The van der Waals surface area contributed by atoms with E-state index in [0.717, 1.165) is 44.9 Å². The van der Waals surface area contributed by atoms with E-state index in [9.17, 15) is 9.59 Å². The summed E-state index contributed by atoms with van der Waals surface area (Å²) in [6.45, 7) is 9.65. The van der Waals surface area contributed by atoms with Gasteiger partial charge in [-0.05, 0) is 77.9 Å². The first-order chi connectivity index (χ1) is 21.0. The van der Waals surface area contributed by atoms with Crippen molar-refractivity contribution in [2.75, 3.05) is 26.7 Å². The van der Waals surface area contributed by atoms with Gasteiger partial charge in [-0.15, -0.1) is 0 Å². The molecule has 0 aromatic heterocycles. The van der Waals surface area contributed by atoms with Gasteiger partial charge >= 0.3 is 11.9 Å². The maximum Gasteiger partial charge on any atom is 0.306 e. The fourth-order valence-corrected chi connectivity index (χ4v) is 5.72. The highest BCUT2D eigenvalue weighted by atomic mass is 16.5. The lowest BCUT2D eigenvalue weighted by Crippen LogP contribution is -2.20. The minimum atomic E-state index is -0.00628. The van der Waals surface area contributed by atoms with Crippen molar-refractivity contribution in [3.8, 4) is 0 Å². The molecule has 43 heavy (non-hydrogen) atoms. The van der Waals surface area contributed by atoms with Gasteiger partial charge in [0.25, 0.3) is 0 Å². The number of esters is 2. The zero-order valence-corrected chi connectivity index (χ0v) is 29.6. The molecule has 0 aromatic carbocycles. The molecule has 0 amide bonds. The number of unbranched alkanes of at least 4 members (excludes halogenated alkanes) is 19. The lowest BCUT2D eigenvalue weighted by molar-refractivity contribution is -0.150. The van der Waals surface area contributed by atoms with Gasteiger partial charge in [0.2, 0.25) is 0 Å². The number of hydrogen-bond donors (Lipinski definition) is 0. The highest BCUT2D eigenvalue weighted by molar-refractivity contribution is 5.69. The molecule has 1 unspecified atom stereocenters. The van der Waals surface area contributed by atoms with E-state index < -0.39 is 0 Å². The van der Waals surface area contributed by atoms with Crippen molar-refractivity contribution in [3.05, 3.63) is 0 Å². The third-order valence-electron chi connectivity index (χ3n) is 8.66. The standard InChI is InChI=1S/C38H75NO4/c1-5-8-11-21-28-35-42-37(40)31-24-17-14-13-15-19-26-33-39(4)34-27-20-16-18-25-32-38(41)43-36(29-22-10-7-3)30-23-12-9-6-2/h36H,5-35H2,1-4H3. The summed E-state index contributed by atoms with van der Waals surface area (Å²) in [6, 6.07) is 0. The maximum atomic E-state index is 12.4. The molecule has 0 aliphatic rings. The van der Waals surface area contributed by atoms with Crippen molar-refractivity contribution in [1.82, 2.24) is 4.90 Å². The van der Waals surface area contributed by atoms with Gasteiger partial charge in [-0.25, -0.2) is 0 Å². The van der Waals surface area contributed by atoms with Crippen LogP contribution in [0.1, 0.15) is 201 Å². The van der Waals surface area contributed by atoms with Crippen LogP contribution in [-0.4, -0.2) is 49.7 Å². The predicted octanol–water partition coefficient (Wildman–Crippen LogP) is 11.4. The van der Waals surface area contributed by atoms with Crippen LogP contribution in [0.2, 0.25) is 0 Å². The van der Waals surface area contributed by atoms with E-state index in [1.54, 1.807) is 0 Å². The second-order valence-electron chi connectivity index (χ2n) is 13.1. The Balaban J connectivity index is 3.57. The zero-order valence-electron chi connectivity index (χ0n) is 29.6. The molecule has 0 N–H and O–H groups in total. The first kappa shape index (κ1) is 41.9. The van der Waals surface area contributed by atoms with E-state index in [1.165, 1.54) is 135 Å². The molecule has 0 saturated heterocycles. The van der Waals surface area contributed by atoms with Crippen LogP contribution in [0.5, 0.6) is 0 Å². The Morgan fingerprint density at radius 2 is 0.884 bits per heavy atom. The van der Waals surface area contributed by atoms with Crippen LogP contribution in [0.15, 0.2) is 0 Å². The van der Waals surface area contributed by atoms with Crippen molar-refractivity contribution in [2.24, 2.45) is 0 Å². The Bertz CT molecular complexity index is 596.